The normalized spacial score (nSPS) is 20.7. The van der Waals surface area contributed by atoms with Crippen LogP contribution in [0.3, 0.4) is 0 Å². The minimum absolute atomic E-state index is 0.0449. The molecule has 0 saturated heterocycles. The van der Waals surface area contributed by atoms with E-state index in [0.29, 0.717) is 0 Å². The van der Waals surface area contributed by atoms with Crippen LogP contribution in [0.25, 0.3) is 11.0 Å². The van der Waals surface area contributed by atoms with Gasteiger partial charge in [0.2, 0.25) is 0 Å². The van der Waals surface area contributed by atoms with Gasteiger partial charge in [-0.05, 0) is 48.9 Å². The van der Waals surface area contributed by atoms with Crippen LogP contribution in [0.4, 0.5) is 0 Å². The smallest absolute Gasteiger partial charge is 0.109 e. The highest BCUT2D eigenvalue weighted by Gasteiger charge is 2.31. The Labute approximate surface area is 133 Å². The topological polar surface area (TPSA) is 38.1 Å². The largest absolute Gasteiger partial charge is 0.275 e. The Morgan fingerprint density at radius 3 is 2.82 bits per heavy atom. The highest BCUT2D eigenvalue weighted by Crippen LogP contribution is 2.34. The van der Waals surface area contributed by atoms with E-state index >= 15 is 0 Å². The molecule has 1 unspecified atom stereocenters. The first-order valence-corrected chi connectivity index (χ1v) is 8.45. The van der Waals surface area contributed by atoms with E-state index in [9.17, 15) is 0 Å². The van der Waals surface area contributed by atoms with Crippen LogP contribution in [-0.2, 0) is 6.42 Å². The van der Waals surface area contributed by atoms with Gasteiger partial charge in [-0.3, -0.25) is 9.98 Å². The number of aliphatic imine (C=N–C) groups is 1. The summed E-state index contributed by atoms with van der Waals surface area (Å²) in [5.74, 6) is 0. The Balaban J connectivity index is 1.91. The SMILES string of the molecule is CCC1(C)Cc2ccsc2C(c2cnc3ccccc3n2)=N1. The molecule has 3 aromatic rings. The fraction of sp³-hybridized carbons (Fsp3) is 0.278. The zero-order chi connectivity index (χ0) is 15.2. The minimum Gasteiger partial charge on any atom is -0.275 e. The molecule has 22 heavy (non-hydrogen) atoms. The molecule has 0 spiro atoms. The highest BCUT2D eigenvalue weighted by molar-refractivity contribution is 7.12. The molecule has 0 fully saturated rings. The van der Waals surface area contributed by atoms with E-state index in [1.165, 1.54) is 10.4 Å². The van der Waals surface area contributed by atoms with Crippen LogP contribution in [0.5, 0.6) is 0 Å². The lowest BCUT2D eigenvalue weighted by atomic mass is 9.87. The minimum atomic E-state index is -0.0449. The van der Waals surface area contributed by atoms with Gasteiger partial charge in [0.05, 0.1) is 27.6 Å². The first-order valence-electron chi connectivity index (χ1n) is 7.57. The van der Waals surface area contributed by atoms with Gasteiger partial charge in [0.25, 0.3) is 0 Å². The van der Waals surface area contributed by atoms with Crippen molar-refractivity contribution in [2.75, 3.05) is 0 Å². The number of hydrogen-bond acceptors (Lipinski definition) is 4. The van der Waals surface area contributed by atoms with Gasteiger partial charge in [0.1, 0.15) is 11.4 Å². The van der Waals surface area contributed by atoms with Gasteiger partial charge >= 0.3 is 0 Å². The summed E-state index contributed by atoms with van der Waals surface area (Å²) in [4.78, 5) is 15.6. The third kappa shape index (κ3) is 2.15. The maximum atomic E-state index is 5.05. The van der Waals surface area contributed by atoms with Crippen molar-refractivity contribution in [2.24, 2.45) is 4.99 Å². The fourth-order valence-corrected chi connectivity index (χ4v) is 3.82. The molecule has 0 bridgehead atoms. The molecule has 0 amide bonds. The van der Waals surface area contributed by atoms with Crippen LogP contribution in [0.2, 0.25) is 0 Å². The molecule has 3 heterocycles. The maximum Gasteiger partial charge on any atom is 0.109 e. The lowest BCUT2D eigenvalue weighted by Gasteiger charge is -2.29. The second-order valence-corrected chi connectivity index (χ2v) is 6.92. The van der Waals surface area contributed by atoms with E-state index in [0.717, 1.165) is 35.3 Å². The number of thiophene rings is 1. The van der Waals surface area contributed by atoms with Crippen LogP contribution in [0.1, 0.15) is 36.4 Å². The molecular weight excluding hydrogens is 290 g/mol. The van der Waals surface area contributed by atoms with Crippen molar-refractivity contribution in [3.8, 4) is 0 Å². The number of nitrogens with zero attached hydrogens (tertiary/aromatic N) is 3. The number of para-hydroxylation sites is 2. The summed E-state index contributed by atoms with van der Waals surface area (Å²) in [6.07, 6.45) is 3.88. The number of benzene rings is 1. The second kappa shape index (κ2) is 4.99. The zero-order valence-electron chi connectivity index (χ0n) is 12.7. The monoisotopic (exact) mass is 307 g/mol. The molecule has 0 N–H and O–H groups in total. The summed E-state index contributed by atoms with van der Waals surface area (Å²) >= 11 is 1.75. The van der Waals surface area contributed by atoms with E-state index in [1.54, 1.807) is 11.3 Å². The molecule has 4 rings (SSSR count). The van der Waals surface area contributed by atoms with Gasteiger partial charge in [0.15, 0.2) is 0 Å². The quantitative estimate of drug-likeness (QED) is 0.709. The van der Waals surface area contributed by atoms with E-state index in [2.05, 4.69) is 30.3 Å². The van der Waals surface area contributed by atoms with Crippen LogP contribution in [-0.4, -0.2) is 21.2 Å². The molecule has 1 atom stereocenters. The lowest BCUT2D eigenvalue weighted by Crippen LogP contribution is -2.31. The number of hydrogen-bond donors (Lipinski definition) is 0. The molecule has 0 aliphatic carbocycles. The van der Waals surface area contributed by atoms with Gasteiger partial charge in [-0.15, -0.1) is 11.3 Å². The van der Waals surface area contributed by atoms with E-state index < -0.39 is 0 Å². The molecule has 1 aromatic carbocycles. The molecule has 1 aliphatic heterocycles. The molecule has 4 heteroatoms. The molecule has 3 nitrogen and oxygen atoms in total. The van der Waals surface area contributed by atoms with Crippen molar-refractivity contribution >= 4 is 28.1 Å². The second-order valence-electron chi connectivity index (χ2n) is 6.01. The molecule has 0 radical (unpaired) electrons. The van der Waals surface area contributed by atoms with E-state index in [-0.39, 0.29) is 5.54 Å². The fourth-order valence-electron chi connectivity index (χ4n) is 2.90. The number of aromatic nitrogens is 2. The molecule has 0 saturated carbocycles. The predicted molar refractivity (Wildman–Crippen MR) is 91.9 cm³/mol. The first kappa shape index (κ1) is 13.6. The van der Waals surface area contributed by atoms with Crippen molar-refractivity contribution in [3.05, 3.63) is 58.0 Å². The van der Waals surface area contributed by atoms with Gasteiger partial charge < -0.3 is 0 Å². The number of rotatable bonds is 2. The molecule has 110 valence electrons. The van der Waals surface area contributed by atoms with Crippen molar-refractivity contribution in [1.82, 2.24) is 9.97 Å². The zero-order valence-corrected chi connectivity index (χ0v) is 13.5. The van der Waals surface area contributed by atoms with Crippen LogP contribution in [0, 0.1) is 0 Å². The van der Waals surface area contributed by atoms with Gasteiger partial charge in [-0.1, -0.05) is 19.1 Å². The summed E-state index contributed by atoms with van der Waals surface area (Å²) in [6, 6.07) is 10.2. The summed E-state index contributed by atoms with van der Waals surface area (Å²) in [7, 11) is 0. The maximum absolute atomic E-state index is 5.05. The summed E-state index contributed by atoms with van der Waals surface area (Å²) in [6.45, 7) is 4.42. The Morgan fingerprint density at radius 2 is 2.00 bits per heavy atom. The Bertz CT molecular complexity index is 881. The van der Waals surface area contributed by atoms with Gasteiger partial charge in [-0.25, -0.2) is 4.98 Å². The van der Waals surface area contributed by atoms with Gasteiger partial charge in [-0.2, -0.15) is 0 Å². The van der Waals surface area contributed by atoms with Crippen LogP contribution in [0.15, 0.2) is 46.9 Å². The number of fused-ring (bicyclic) bond motifs is 2. The Kier molecular flexibility index (Phi) is 3.08. The molecule has 2 aromatic heterocycles. The highest BCUT2D eigenvalue weighted by atomic mass is 32.1. The van der Waals surface area contributed by atoms with Crippen molar-refractivity contribution in [3.63, 3.8) is 0 Å². The standard InChI is InChI=1S/C18H17N3S/c1-3-18(2)10-12-8-9-22-17(12)16(21-18)15-11-19-13-6-4-5-7-14(13)20-15/h4-9,11H,3,10H2,1-2H3. The summed E-state index contributed by atoms with van der Waals surface area (Å²) in [5.41, 5.74) is 5.06. The predicted octanol–water partition coefficient (Wildman–Crippen LogP) is 4.25. The summed E-state index contributed by atoms with van der Waals surface area (Å²) in [5, 5.41) is 2.15. The van der Waals surface area contributed by atoms with Crippen molar-refractivity contribution in [2.45, 2.75) is 32.2 Å². The van der Waals surface area contributed by atoms with Crippen molar-refractivity contribution < 1.29 is 0 Å². The summed E-state index contributed by atoms with van der Waals surface area (Å²) < 4.78 is 0. The third-order valence-corrected chi connectivity index (χ3v) is 5.33. The average molecular weight is 307 g/mol. The van der Waals surface area contributed by atoms with Gasteiger partial charge in [0, 0.05) is 0 Å². The van der Waals surface area contributed by atoms with E-state index in [1.807, 2.05) is 30.5 Å². The lowest BCUT2D eigenvalue weighted by molar-refractivity contribution is 0.449. The van der Waals surface area contributed by atoms with E-state index in [4.69, 9.17) is 9.98 Å². The van der Waals surface area contributed by atoms with Crippen LogP contribution >= 0.6 is 11.3 Å². The Hall–Kier alpha value is -2.07. The molecular formula is C18H17N3S. The Morgan fingerprint density at radius 1 is 1.18 bits per heavy atom. The average Bonchev–Trinajstić information content (AvgIpc) is 3.01. The first-order chi connectivity index (χ1) is 10.7. The third-order valence-electron chi connectivity index (χ3n) is 4.37. The van der Waals surface area contributed by atoms with Crippen molar-refractivity contribution in [1.29, 1.82) is 0 Å². The van der Waals surface area contributed by atoms with Crippen LogP contribution < -0.4 is 0 Å². The molecule has 1 aliphatic rings.